The molecule has 1 aliphatic heterocycles. The van der Waals surface area contributed by atoms with Crippen LogP contribution >= 0.6 is 0 Å². The van der Waals surface area contributed by atoms with E-state index in [9.17, 15) is 13.5 Å². The van der Waals surface area contributed by atoms with E-state index in [1.165, 1.54) is 12.1 Å². The summed E-state index contributed by atoms with van der Waals surface area (Å²) in [5.74, 6) is 1.02. The minimum Gasteiger partial charge on any atom is -0.489 e. The Hall–Kier alpha value is -2.20. The van der Waals surface area contributed by atoms with E-state index >= 15 is 0 Å². The van der Waals surface area contributed by atoms with Crippen LogP contribution in [0.1, 0.15) is 17.5 Å². The van der Waals surface area contributed by atoms with Gasteiger partial charge in [-0.15, -0.1) is 0 Å². The number of aliphatic hydroxyl groups is 1. The molecule has 3 rings (SSSR count). The van der Waals surface area contributed by atoms with Crippen molar-refractivity contribution >= 4 is 15.9 Å². The monoisotopic (exact) mass is 379 g/mol. The predicted molar refractivity (Wildman–Crippen MR) is 95.4 cm³/mol. The molecule has 0 fully saturated rings. The average molecular weight is 379 g/mol. The third kappa shape index (κ3) is 4.70. The molecule has 1 aromatic heterocycles. The topological polar surface area (TPSA) is 135 Å². The van der Waals surface area contributed by atoms with Crippen molar-refractivity contribution in [3.05, 3.63) is 47.7 Å². The fourth-order valence-electron chi connectivity index (χ4n) is 2.84. The number of hydrogen-bond donors (Lipinski definition) is 4. The first-order chi connectivity index (χ1) is 12.3. The number of nitrogens with zero attached hydrogens (tertiary/aromatic N) is 1. The second-order valence-corrected chi connectivity index (χ2v) is 7.66. The number of fused-ring (bicyclic) bond motifs is 1. The normalized spacial score (nSPS) is 18.0. The molecular formula is C17H21N3O5S. The van der Waals surface area contributed by atoms with E-state index in [-0.39, 0.29) is 11.0 Å². The van der Waals surface area contributed by atoms with E-state index in [4.69, 9.17) is 15.0 Å². The SMILES string of the molecule is Nc1ccc(CC(O)NC[C@@H]2CCc3cc(S(=O)(=O)O)ccc3O2)cn1. The van der Waals surface area contributed by atoms with Gasteiger partial charge in [0.15, 0.2) is 0 Å². The lowest BCUT2D eigenvalue weighted by molar-refractivity contribution is 0.103. The molecule has 1 aromatic carbocycles. The molecule has 140 valence electrons. The Morgan fingerprint density at radius 3 is 2.85 bits per heavy atom. The summed E-state index contributed by atoms with van der Waals surface area (Å²) in [4.78, 5) is 3.85. The maximum absolute atomic E-state index is 11.2. The summed E-state index contributed by atoms with van der Waals surface area (Å²) in [5.41, 5.74) is 7.14. The number of pyridine rings is 1. The molecule has 2 heterocycles. The molecule has 0 spiro atoms. The molecule has 8 nitrogen and oxygen atoms in total. The molecule has 0 bridgehead atoms. The van der Waals surface area contributed by atoms with Gasteiger partial charge < -0.3 is 15.6 Å². The highest BCUT2D eigenvalue weighted by Crippen LogP contribution is 2.29. The number of nitrogens with one attached hydrogen (secondary N) is 1. The van der Waals surface area contributed by atoms with Gasteiger partial charge in [0.25, 0.3) is 10.1 Å². The van der Waals surface area contributed by atoms with E-state index in [0.717, 1.165) is 11.1 Å². The van der Waals surface area contributed by atoms with Crippen LogP contribution in [-0.4, -0.2) is 41.9 Å². The van der Waals surface area contributed by atoms with Gasteiger partial charge in [0.05, 0.1) is 4.90 Å². The Bertz CT molecular complexity index is 870. The largest absolute Gasteiger partial charge is 0.489 e. The zero-order chi connectivity index (χ0) is 18.7. The molecule has 1 aliphatic rings. The smallest absolute Gasteiger partial charge is 0.294 e. The fourth-order valence-corrected chi connectivity index (χ4v) is 3.38. The van der Waals surface area contributed by atoms with Crippen LogP contribution in [0.25, 0.3) is 0 Å². The highest BCUT2D eigenvalue weighted by Gasteiger charge is 2.22. The average Bonchev–Trinajstić information content (AvgIpc) is 2.60. The van der Waals surface area contributed by atoms with E-state index in [2.05, 4.69) is 10.3 Å². The molecule has 2 atom stereocenters. The number of aryl methyl sites for hydroxylation is 1. The van der Waals surface area contributed by atoms with Crippen LogP contribution in [-0.2, 0) is 23.0 Å². The number of ether oxygens (including phenoxy) is 1. The molecular weight excluding hydrogens is 358 g/mol. The van der Waals surface area contributed by atoms with Crippen molar-refractivity contribution in [2.24, 2.45) is 0 Å². The molecule has 5 N–H and O–H groups in total. The third-order valence-electron chi connectivity index (χ3n) is 4.22. The molecule has 1 unspecified atom stereocenters. The molecule has 0 radical (unpaired) electrons. The lowest BCUT2D eigenvalue weighted by Crippen LogP contribution is -2.40. The second kappa shape index (κ2) is 7.58. The number of rotatable bonds is 6. The van der Waals surface area contributed by atoms with Crippen molar-refractivity contribution in [2.45, 2.75) is 36.5 Å². The summed E-state index contributed by atoms with van der Waals surface area (Å²) in [6, 6.07) is 7.78. The first-order valence-corrected chi connectivity index (χ1v) is 9.64. The standard InChI is InChI=1S/C17H21N3O5S/c18-16-6-1-11(9-19-16)7-17(21)20-10-13-3-2-12-8-14(26(22,23)24)4-5-15(12)25-13/h1,4-6,8-9,13,17,20-21H,2-3,7,10H2,(H2,18,19)(H,22,23,24)/t13-,17?/m0/s1. The minimum atomic E-state index is -4.22. The van der Waals surface area contributed by atoms with Crippen LogP contribution in [0.4, 0.5) is 5.82 Å². The third-order valence-corrected chi connectivity index (χ3v) is 5.07. The van der Waals surface area contributed by atoms with E-state index < -0.39 is 16.3 Å². The number of benzene rings is 1. The number of aromatic nitrogens is 1. The Labute approximate surface area is 151 Å². The van der Waals surface area contributed by atoms with Crippen molar-refractivity contribution in [2.75, 3.05) is 12.3 Å². The maximum atomic E-state index is 11.2. The van der Waals surface area contributed by atoms with Gasteiger partial charge in [-0.3, -0.25) is 9.87 Å². The van der Waals surface area contributed by atoms with Gasteiger partial charge in [0.2, 0.25) is 0 Å². The van der Waals surface area contributed by atoms with Crippen molar-refractivity contribution in [1.82, 2.24) is 10.3 Å². The quantitative estimate of drug-likeness (QED) is 0.427. The Morgan fingerprint density at radius 1 is 1.35 bits per heavy atom. The van der Waals surface area contributed by atoms with Gasteiger partial charge in [0, 0.05) is 19.2 Å². The minimum absolute atomic E-state index is 0.135. The summed E-state index contributed by atoms with van der Waals surface area (Å²) in [7, 11) is -4.22. The van der Waals surface area contributed by atoms with Crippen molar-refractivity contribution in [3.63, 3.8) is 0 Å². The van der Waals surface area contributed by atoms with Crippen LogP contribution in [0.5, 0.6) is 5.75 Å². The zero-order valence-corrected chi connectivity index (χ0v) is 14.8. The van der Waals surface area contributed by atoms with Crippen LogP contribution in [0.3, 0.4) is 0 Å². The molecule has 2 aromatic rings. The van der Waals surface area contributed by atoms with Crippen LogP contribution < -0.4 is 15.8 Å². The summed E-state index contributed by atoms with van der Waals surface area (Å²) in [5, 5.41) is 13.1. The van der Waals surface area contributed by atoms with E-state index in [1.807, 2.05) is 6.07 Å². The first kappa shape index (κ1) is 18.6. The van der Waals surface area contributed by atoms with E-state index in [1.54, 1.807) is 18.3 Å². The van der Waals surface area contributed by atoms with Crippen molar-refractivity contribution in [1.29, 1.82) is 0 Å². The Kier molecular flexibility index (Phi) is 5.42. The van der Waals surface area contributed by atoms with Gasteiger partial charge in [0.1, 0.15) is 23.9 Å². The summed E-state index contributed by atoms with van der Waals surface area (Å²) in [6.07, 6.45) is 2.44. The molecule has 0 amide bonds. The number of anilines is 1. The number of nitrogen functional groups attached to an aromatic ring is 1. The van der Waals surface area contributed by atoms with Gasteiger partial charge in [-0.05, 0) is 48.2 Å². The second-order valence-electron chi connectivity index (χ2n) is 6.24. The summed E-state index contributed by atoms with van der Waals surface area (Å²) in [6.45, 7) is 0.447. The molecule has 0 saturated carbocycles. The fraction of sp³-hybridized carbons (Fsp3) is 0.353. The van der Waals surface area contributed by atoms with Gasteiger partial charge >= 0.3 is 0 Å². The van der Waals surface area contributed by atoms with Crippen LogP contribution in [0.2, 0.25) is 0 Å². The lowest BCUT2D eigenvalue weighted by atomic mass is 10.0. The highest BCUT2D eigenvalue weighted by molar-refractivity contribution is 7.85. The van der Waals surface area contributed by atoms with Gasteiger partial charge in [-0.2, -0.15) is 8.42 Å². The van der Waals surface area contributed by atoms with Gasteiger partial charge in [-0.1, -0.05) is 6.07 Å². The molecule has 26 heavy (non-hydrogen) atoms. The number of nitrogens with two attached hydrogens (primary N) is 1. The molecule has 0 saturated heterocycles. The van der Waals surface area contributed by atoms with Crippen LogP contribution in [0.15, 0.2) is 41.4 Å². The maximum Gasteiger partial charge on any atom is 0.294 e. The number of aliphatic hydroxyl groups excluding tert-OH is 1. The van der Waals surface area contributed by atoms with Crippen molar-refractivity contribution < 1.29 is 22.8 Å². The lowest BCUT2D eigenvalue weighted by Gasteiger charge is -2.27. The van der Waals surface area contributed by atoms with Crippen molar-refractivity contribution in [3.8, 4) is 5.75 Å². The summed E-state index contributed by atoms with van der Waals surface area (Å²) < 4.78 is 37.3. The Morgan fingerprint density at radius 2 is 2.15 bits per heavy atom. The Balaban J connectivity index is 1.53. The molecule has 9 heteroatoms. The first-order valence-electron chi connectivity index (χ1n) is 8.20. The molecule has 0 aliphatic carbocycles. The predicted octanol–water partition coefficient (Wildman–Crippen LogP) is 0.755. The zero-order valence-electron chi connectivity index (χ0n) is 14.0. The van der Waals surface area contributed by atoms with Crippen LogP contribution in [0, 0.1) is 0 Å². The summed E-state index contributed by atoms with van der Waals surface area (Å²) >= 11 is 0. The highest BCUT2D eigenvalue weighted by atomic mass is 32.2. The number of hydrogen-bond acceptors (Lipinski definition) is 7. The van der Waals surface area contributed by atoms with E-state index in [0.29, 0.717) is 37.4 Å². The van der Waals surface area contributed by atoms with Gasteiger partial charge in [-0.25, -0.2) is 4.98 Å².